The Hall–Kier alpha value is -2.16. The number of hydrogen-bond acceptors (Lipinski definition) is 3. The summed E-state index contributed by atoms with van der Waals surface area (Å²) in [6.07, 6.45) is 6.50. The zero-order valence-electron chi connectivity index (χ0n) is 16.5. The molecule has 142 valence electrons. The molecule has 2 aromatic carbocycles. The van der Waals surface area contributed by atoms with E-state index in [-0.39, 0.29) is 6.10 Å². The van der Waals surface area contributed by atoms with Crippen LogP contribution in [-0.2, 0) is 6.54 Å². The van der Waals surface area contributed by atoms with Crippen molar-refractivity contribution in [1.82, 2.24) is 0 Å². The van der Waals surface area contributed by atoms with E-state index in [4.69, 9.17) is 9.47 Å². The number of anilines is 1. The minimum Gasteiger partial charge on any atom is -0.494 e. The first-order valence-electron chi connectivity index (χ1n) is 9.89. The molecule has 3 nitrogen and oxygen atoms in total. The zero-order valence-corrected chi connectivity index (χ0v) is 16.5. The van der Waals surface area contributed by atoms with E-state index in [1.165, 1.54) is 31.2 Å². The standard InChI is InChI=1S/C23H33NO2/c1-4-5-6-7-8-16-25-22-14-12-21(13-15-22)24-18-20-10-9-11-23(17-20)26-19(2)3/h9-15,17,19,24H,4-8,16,18H2,1-3H3. The van der Waals surface area contributed by atoms with Crippen LogP contribution in [0.2, 0.25) is 0 Å². The van der Waals surface area contributed by atoms with Gasteiger partial charge < -0.3 is 14.8 Å². The normalized spacial score (nSPS) is 10.8. The van der Waals surface area contributed by atoms with Gasteiger partial charge in [0, 0.05) is 12.2 Å². The maximum absolute atomic E-state index is 5.81. The summed E-state index contributed by atoms with van der Waals surface area (Å²) in [5, 5.41) is 3.45. The van der Waals surface area contributed by atoms with Crippen LogP contribution in [0.1, 0.15) is 58.4 Å². The van der Waals surface area contributed by atoms with Gasteiger partial charge in [0.2, 0.25) is 0 Å². The fourth-order valence-electron chi connectivity index (χ4n) is 2.77. The lowest BCUT2D eigenvalue weighted by Crippen LogP contribution is -2.06. The third-order valence-electron chi connectivity index (χ3n) is 4.14. The van der Waals surface area contributed by atoms with Crippen LogP contribution < -0.4 is 14.8 Å². The lowest BCUT2D eigenvalue weighted by Gasteiger charge is -2.12. The summed E-state index contributed by atoms with van der Waals surface area (Å²) in [6.45, 7) is 7.90. The average Bonchev–Trinajstić information content (AvgIpc) is 2.64. The summed E-state index contributed by atoms with van der Waals surface area (Å²) in [5.41, 5.74) is 2.30. The summed E-state index contributed by atoms with van der Waals surface area (Å²) >= 11 is 0. The first-order chi connectivity index (χ1) is 12.7. The molecular formula is C23H33NO2. The molecule has 0 atom stereocenters. The topological polar surface area (TPSA) is 30.5 Å². The summed E-state index contributed by atoms with van der Waals surface area (Å²) in [4.78, 5) is 0. The molecule has 0 aromatic heterocycles. The minimum atomic E-state index is 0.192. The SMILES string of the molecule is CCCCCCCOc1ccc(NCc2cccc(OC(C)C)c2)cc1. The van der Waals surface area contributed by atoms with Crippen molar-refractivity contribution in [1.29, 1.82) is 0 Å². The van der Waals surface area contributed by atoms with Crippen molar-refractivity contribution in [3.05, 3.63) is 54.1 Å². The lowest BCUT2D eigenvalue weighted by atomic mass is 10.2. The molecule has 0 aliphatic heterocycles. The van der Waals surface area contributed by atoms with Gasteiger partial charge in [-0.2, -0.15) is 0 Å². The second kappa shape index (κ2) is 11.5. The highest BCUT2D eigenvalue weighted by molar-refractivity contribution is 5.47. The van der Waals surface area contributed by atoms with Crippen molar-refractivity contribution in [2.24, 2.45) is 0 Å². The highest BCUT2D eigenvalue weighted by atomic mass is 16.5. The van der Waals surface area contributed by atoms with Crippen molar-refractivity contribution in [3.63, 3.8) is 0 Å². The fraction of sp³-hybridized carbons (Fsp3) is 0.478. The molecule has 0 unspecified atom stereocenters. The predicted octanol–water partition coefficient (Wildman–Crippen LogP) is 6.44. The molecule has 0 saturated carbocycles. The van der Waals surface area contributed by atoms with E-state index in [9.17, 15) is 0 Å². The summed E-state index contributed by atoms with van der Waals surface area (Å²) in [6, 6.07) is 16.4. The molecule has 0 aliphatic rings. The van der Waals surface area contributed by atoms with Crippen LogP contribution in [0, 0.1) is 0 Å². The van der Waals surface area contributed by atoms with Gasteiger partial charge >= 0.3 is 0 Å². The van der Waals surface area contributed by atoms with Gasteiger partial charge in [-0.25, -0.2) is 0 Å². The molecule has 26 heavy (non-hydrogen) atoms. The highest BCUT2D eigenvalue weighted by Gasteiger charge is 2.01. The third-order valence-corrected chi connectivity index (χ3v) is 4.14. The Morgan fingerprint density at radius 3 is 2.38 bits per heavy atom. The number of benzene rings is 2. The summed E-state index contributed by atoms with van der Waals surface area (Å²) in [5.74, 6) is 1.86. The second-order valence-electron chi connectivity index (χ2n) is 6.95. The molecule has 0 fully saturated rings. The minimum absolute atomic E-state index is 0.192. The van der Waals surface area contributed by atoms with E-state index in [1.54, 1.807) is 0 Å². The van der Waals surface area contributed by atoms with E-state index in [0.29, 0.717) is 0 Å². The molecule has 0 saturated heterocycles. The van der Waals surface area contributed by atoms with Crippen molar-refractivity contribution < 1.29 is 9.47 Å². The molecule has 0 bridgehead atoms. The van der Waals surface area contributed by atoms with E-state index in [1.807, 2.05) is 38.1 Å². The van der Waals surface area contributed by atoms with E-state index < -0.39 is 0 Å². The highest BCUT2D eigenvalue weighted by Crippen LogP contribution is 2.19. The number of ether oxygens (including phenoxy) is 2. The van der Waals surface area contributed by atoms with Gasteiger partial charge in [-0.1, -0.05) is 44.7 Å². The van der Waals surface area contributed by atoms with Gasteiger partial charge in [0.25, 0.3) is 0 Å². The molecule has 2 rings (SSSR count). The number of hydrogen-bond donors (Lipinski definition) is 1. The van der Waals surface area contributed by atoms with Crippen LogP contribution in [0.4, 0.5) is 5.69 Å². The third kappa shape index (κ3) is 7.81. The number of rotatable bonds is 12. The fourth-order valence-corrected chi connectivity index (χ4v) is 2.77. The lowest BCUT2D eigenvalue weighted by molar-refractivity contribution is 0.242. The van der Waals surface area contributed by atoms with Crippen LogP contribution >= 0.6 is 0 Å². The maximum atomic E-state index is 5.81. The molecule has 3 heteroatoms. The molecule has 0 heterocycles. The largest absolute Gasteiger partial charge is 0.494 e. The monoisotopic (exact) mass is 355 g/mol. The predicted molar refractivity (Wildman–Crippen MR) is 110 cm³/mol. The second-order valence-corrected chi connectivity index (χ2v) is 6.95. The van der Waals surface area contributed by atoms with Crippen molar-refractivity contribution in [2.75, 3.05) is 11.9 Å². The Morgan fingerprint density at radius 1 is 0.885 bits per heavy atom. The maximum Gasteiger partial charge on any atom is 0.120 e. The molecule has 1 N–H and O–H groups in total. The Morgan fingerprint density at radius 2 is 1.65 bits per heavy atom. The molecular weight excluding hydrogens is 322 g/mol. The van der Waals surface area contributed by atoms with Crippen LogP contribution in [0.5, 0.6) is 11.5 Å². The quantitative estimate of drug-likeness (QED) is 0.445. The van der Waals surface area contributed by atoms with Crippen LogP contribution in [0.25, 0.3) is 0 Å². The van der Waals surface area contributed by atoms with Crippen molar-refractivity contribution >= 4 is 5.69 Å². The molecule has 0 radical (unpaired) electrons. The number of nitrogens with one attached hydrogen (secondary N) is 1. The Labute approximate surface area is 158 Å². The summed E-state index contributed by atoms with van der Waals surface area (Å²) < 4.78 is 11.6. The molecule has 2 aromatic rings. The molecule has 0 amide bonds. The number of unbranched alkanes of at least 4 members (excludes halogenated alkanes) is 4. The van der Waals surface area contributed by atoms with Gasteiger partial charge in [0.15, 0.2) is 0 Å². The first-order valence-corrected chi connectivity index (χ1v) is 9.89. The Balaban J connectivity index is 1.73. The van der Waals surface area contributed by atoms with Gasteiger partial charge in [0.1, 0.15) is 11.5 Å². The van der Waals surface area contributed by atoms with Gasteiger partial charge in [-0.15, -0.1) is 0 Å². The summed E-state index contributed by atoms with van der Waals surface area (Å²) in [7, 11) is 0. The Bertz CT molecular complexity index is 622. The van der Waals surface area contributed by atoms with Crippen molar-refractivity contribution in [3.8, 4) is 11.5 Å². The van der Waals surface area contributed by atoms with Gasteiger partial charge in [-0.05, 0) is 62.2 Å². The van der Waals surface area contributed by atoms with E-state index in [0.717, 1.165) is 36.8 Å². The van der Waals surface area contributed by atoms with Crippen LogP contribution in [0.15, 0.2) is 48.5 Å². The van der Waals surface area contributed by atoms with Gasteiger partial charge in [-0.3, -0.25) is 0 Å². The zero-order chi connectivity index (χ0) is 18.6. The Kier molecular flexibility index (Phi) is 8.88. The molecule has 0 spiro atoms. The van der Waals surface area contributed by atoms with E-state index >= 15 is 0 Å². The molecule has 0 aliphatic carbocycles. The van der Waals surface area contributed by atoms with Crippen LogP contribution in [-0.4, -0.2) is 12.7 Å². The first kappa shape index (κ1) is 20.2. The van der Waals surface area contributed by atoms with Gasteiger partial charge in [0.05, 0.1) is 12.7 Å². The average molecular weight is 356 g/mol. The smallest absolute Gasteiger partial charge is 0.120 e. The van der Waals surface area contributed by atoms with E-state index in [2.05, 4.69) is 36.5 Å². The van der Waals surface area contributed by atoms with Crippen LogP contribution in [0.3, 0.4) is 0 Å². The van der Waals surface area contributed by atoms with Crippen molar-refractivity contribution in [2.45, 2.75) is 65.5 Å².